The molecular formula is C37H76N6O5. The predicted molar refractivity (Wildman–Crippen MR) is 202 cm³/mol. The van der Waals surface area contributed by atoms with E-state index >= 15 is 0 Å². The number of amides is 4. The highest BCUT2D eigenvalue weighted by Gasteiger charge is 2.41. The number of carbonyl (C=O) groups is 5. The summed E-state index contributed by atoms with van der Waals surface area (Å²) in [6, 6.07) is -1.64. The van der Waals surface area contributed by atoms with Crippen molar-refractivity contribution in [3.63, 3.8) is 0 Å². The molecule has 0 radical (unpaired) electrons. The summed E-state index contributed by atoms with van der Waals surface area (Å²) in [5.74, 6) is 0.426. The molecule has 2 aliphatic rings. The molecule has 2 fully saturated rings. The van der Waals surface area contributed by atoms with Crippen LogP contribution in [0.2, 0.25) is 0 Å². The van der Waals surface area contributed by atoms with Crippen LogP contribution in [0.1, 0.15) is 148 Å². The summed E-state index contributed by atoms with van der Waals surface area (Å²) in [5, 5.41) is 8.68. The minimum Gasteiger partial charge on any atom is -0.352 e. The van der Waals surface area contributed by atoms with Gasteiger partial charge in [-0.2, -0.15) is 0 Å². The third-order valence-corrected chi connectivity index (χ3v) is 7.00. The van der Waals surface area contributed by atoms with E-state index in [4.69, 9.17) is 10.5 Å². The van der Waals surface area contributed by atoms with Crippen LogP contribution in [0.5, 0.6) is 0 Å². The van der Waals surface area contributed by atoms with Crippen LogP contribution in [-0.4, -0.2) is 78.4 Å². The quantitative estimate of drug-likeness (QED) is 0.0870. The second kappa shape index (κ2) is 31.4. The van der Waals surface area contributed by atoms with Crippen LogP contribution in [0, 0.1) is 17.8 Å². The summed E-state index contributed by atoms with van der Waals surface area (Å²) in [4.78, 5) is 63.7. The molecule has 1 aliphatic carbocycles. The molecule has 0 aromatic rings. The summed E-state index contributed by atoms with van der Waals surface area (Å²) in [6.07, 6.45) is 9.33. The van der Waals surface area contributed by atoms with Gasteiger partial charge in [-0.05, 0) is 76.8 Å². The highest BCUT2D eigenvalue weighted by atomic mass is 16.2. The fourth-order valence-electron chi connectivity index (χ4n) is 4.74. The molecule has 284 valence electrons. The predicted octanol–water partition coefficient (Wildman–Crippen LogP) is 6.67. The lowest BCUT2D eigenvalue weighted by molar-refractivity contribution is -0.141. The van der Waals surface area contributed by atoms with Gasteiger partial charge in [0.15, 0.2) is 12.1 Å². The normalized spacial score (nSPS) is 17.4. The maximum Gasteiger partial charge on any atom is 0.316 e. The standard InChI is InChI=1S/C24H44N6O3.C4H10.C3H4O2.3C2H6/c1-16(13-14-26-5)17(2)27-21(31)19-12-9-15-30(19)22(32)20(18-10-7-6-8-11-18)28-23(33)29-24(3,4)25;1-4(2)3;1-3(5)2-4;3*1-2/h14,16-20H,6-13,15,25H2,1-5H3,(H,27,31)(H2,28,29,33);4H,1-3H3;2H,1H3;3*1-2H3. The van der Waals surface area contributed by atoms with Gasteiger partial charge < -0.3 is 31.6 Å². The van der Waals surface area contributed by atoms with Crippen LogP contribution < -0.4 is 21.7 Å². The molecule has 1 saturated heterocycles. The van der Waals surface area contributed by atoms with Gasteiger partial charge in [-0.1, -0.05) is 88.5 Å². The van der Waals surface area contributed by atoms with Gasteiger partial charge in [0, 0.05) is 26.6 Å². The zero-order valence-corrected chi connectivity index (χ0v) is 33.5. The van der Waals surface area contributed by atoms with E-state index in [1.54, 1.807) is 25.8 Å². The minimum atomic E-state index is -0.893. The van der Waals surface area contributed by atoms with Crippen LogP contribution in [0.4, 0.5) is 4.79 Å². The molecule has 2 rings (SSSR count). The fraction of sp³-hybridized carbons (Fsp3) is 0.838. The monoisotopic (exact) mass is 685 g/mol. The van der Waals surface area contributed by atoms with E-state index in [9.17, 15) is 19.2 Å². The van der Waals surface area contributed by atoms with Gasteiger partial charge in [0.2, 0.25) is 11.8 Å². The zero-order valence-electron chi connectivity index (χ0n) is 33.5. The van der Waals surface area contributed by atoms with Crippen LogP contribution in [-0.2, 0) is 19.2 Å². The lowest BCUT2D eigenvalue weighted by atomic mass is 9.83. The molecule has 11 nitrogen and oxygen atoms in total. The van der Waals surface area contributed by atoms with E-state index in [0.717, 1.165) is 50.9 Å². The van der Waals surface area contributed by atoms with Gasteiger partial charge in [0.25, 0.3) is 0 Å². The van der Waals surface area contributed by atoms with Gasteiger partial charge in [-0.3, -0.25) is 19.2 Å². The maximum atomic E-state index is 13.7. The first kappa shape index (κ1) is 52.0. The van der Waals surface area contributed by atoms with Crippen molar-refractivity contribution in [2.45, 2.75) is 172 Å². The molecule has 0 aromatic carbocycles. The summed E-state index contributed by atoms with van der Waals surface area (Å²) >= 11 is 0. The Balaban J connectivity index is -0.000000548. The van der Waals surface area contributed by atoms with Gasteiger partial charge in [0.05, 0.1) is 5.66 Å². The third kappa shape index (κ3) is 26.2. The van der Waals surface area contributed by atoms with Crippen LogP contribution >= 0.6 is 0 Å². The van der Waals surface area contributed by atoms with Gasteiger partial charge in [-0.25, -0.2) is 4.79 Å². The lowest BCUT2D eigenvalue weighted by Crippen LogP contribution is -2.61. The first-order valence-electron chi connectivity index (χ1n) is 18.4. The number of aliphatic imine (C=N–C) groups is 1. The number of aldehydes is 1. The second-order valence-corrected chi connectivity index (χ2v) is 12.8. The topological polar surface area (TPSA) is 163 Å². The summed E-state index contributed by atoms with van der Waals surface area (Å²) in [6.45, 7) is 27.7. The van der Waals surface area contributed by atoms with Crippen LogP contribution in [0.15, 0.2) is 4.99 Å². The highest BCUT2D eigenvalue weighted by Crippen LogP contribution is 2.29. The molecule has 1 saturated carbocycles. The molecule has 1 heterocycles. The average molecular weight is 685 g/mol. The Labute approximate surface area is 294 Å². The molecule has 0 spiro atoms. The van der Waals surface area contributed by atoms with E-state index in [1.807, 2.05) is 54.7 Å². The SMILES string of the molecule is CC.CC.CC.CC(=O)C=O.CC(C)C.CN=CCC(C)C(C)NC(=O)C1CCCN1C(=O)C(NC(=O)NC(C)(C)N)C1CCCCC1. The smallest absolute Gasteiger partial charge is 0.316 e. The molecular weight excluding hydrogens is 608 g/mol. The molecule has 0 bridgehead atoms. The molecule has 4 amide bonds. The van der Waals surface area contributed by atoms with Crippen molar-refractivity contribution in [2.75, 3.05) is 13.6 Å². The number of rotatable bonds is 10. The number of Topliss-reactive ketones (excluding diaryl/α,β-unsaturated/α-hetero) is 1. The molecule has 1 aliphatic heterocycles. The van der Waals surface area contributed by atoms with Gasteiger partial charge in [0.1, 0.15) is 12.1 Å². The Morgan fingerprint density at radius 3 is 1.77 bits per heavy atom. The number of nitrogens with zero attached hydrogens (tertiary/aromatic N) is 2. The van der Waals surface area contributed by atoms with Crippen molar-refractivity contribution in [3.8, 4) is 0 Å². The second-order valence-electron chi connectivity index (χ2n) is 12.8. The molecule has 11 heteroatoms. The van der Waals surface area contributed by atoms with Gasteiger partial charge >= 0.3 is 6.03 Å². The molecule has 4 atom stereocenters. The van der Waals surface area contributed by atoms with Crippen LogP contribution in [0.3, 0.4) is 0 Å². The zero-order chi connectivity index (χ0) is 38.5. The minimum absolute atomic E-state index is 0.0297. The number of carbonyl (C=O) groups excluding carboxylic acids is 5. The van der Waals surface area contributed by atoms with E-state index < -0.39 is 29.6 Å². The summed E-state index contributed by atoms with van der Waals surface area (Å²) < 4.78 is 0. The Bertz CT molecular complexity index is 879. The van der Waals surface area contributed by atoms with Gasteiger partial charge in [-0.15, -0.1) is 0 Å². The highest BCUT2D eigenvalue weighted by molar-refractivity contribution is 6.23. The Morgan fingerprint density at radius 2 is 1.35 bits per heavy atom. The summed E-state index contributed by atoms with van der Waals surface area (Å²) in [7, 11) is 1.74. The summed E-state index contributed by atoms with van der Waals surface area (Å²) in [5.41, 5.74) is 5.03. The molecule has 4 unspecified atom stereocenters. The lowest BCUT2D eigenvalue weighted by Gasteiger charge is -2.35. The van der Waals surface area contributed by atoms with Crippen molar-refractivity contribution in [1.82, 2.24) is 20.9 Å². The number of ketones is 1. The van der Waals surface area contributed by atoms with E-state index in [2.05, 4.69) is 48.6 Å². The van der Waals surface area contributed by atoms with E-state index in [1.165, 1.54) is 6.92 Å². The molecule has 48 heavy (non-hydrogen) atoms. The van der Waals surface area contributed by atoms with Crippen molar-refractivity contribution in [1.29, 1.82) is 0 Å². The Hall–Kier alpha value is -2.82. The van der Waals surface area contributed by atoms with E-state index in [0.29, 0.717) is 13.0 Å². The Kier molecular flexibility index (Phi) is 34.1. The number of urea groups is 1. The average Bonchev–Trinajstić information content (AvgIpc) is 3.55. The number of likely N-dealkylation sites (tertiary alicyclic amines) is 1. The first-order chi connectivity index (χ1) is 22.5. The fourth-order valence-corrected chi connectivity index (χ4v) is 4.74. The number of nitrogens with one attached hydrogen (secondary N) is 3. The number of nitrogens with two attached hydrogens (primary N) is 1. The van der Waals surface area contributed by atoms with E-state index in [-0.39, 0.29) is 36.0 Å². The van der Waals surface area contributed by atoms with Crippen molar-refractivity contribution >= 4 is 36.1 Å². The van der Waals surface area contributed by atoms with Crippen molar-refractivity contribution in [2.24, 2.45) is 28.5 Å². The number of hydrogen-bond donors (Lipinski definition) is 4. The Morgan fingerprint density at radius 1 is 0.875 bits per heavy atom. The molecule has 5 N–H and O–H groups in total. The third-order valence-electron chi connectivity index (χ3n) is 7.00. The first-order valence-corrected chi connectivity index (χ1v) is 18.4. The largest absolute Gasteiger partial charge is 0.352 e. The maximum absolute atomic E-state index is 13.7. The number of hydrogen-bond acceptors (Lipinski definition) is 7. The molecule has 0 aromatic heterocycles. The van der Waals surface area contributed by atoms with Crippen LogP contribution in [0.25, 0.3) is 0 Å². The van der Waals surface area contributed by atoms with Crippen molar-refractivity contribution < 1.29 is 24.0 Å². The van der Waals surface area contributed by atoms with Crippen molar-refractivity contribution in [3.05, 3.63) is 0 Å².